The van der Waals surface area contributed by atoms with Gasteiger partial charge in [-0.15, -0.1) is 11.3 Å². The van der Waals surface area contributed by atoms with Crippen molar-refractivity contribution >= 4 is 17.2 Å². The summed E-state index contributed by atoms with van der Waals surface area (Å²) in [7, 11) is 1.88. The van der Waals surface area contributed by atoms with E-state index in [1.54, 1.807) is 28.4 Å². The molecule has 7 heteroatoms. The summed E-state index contributed by atoms with van der Waals surface area (Å²) in [6.45, 7) is 0.480. The van der Waals surface area contributed by atoms with E-state index in [0.717, 1.165) is 21.8 Å². The highest BCUT2D eigenvalue weighted by Crippen LogP contribution is 2.25. The van der Waals surface area contributed by atoms with Crippen LogP contribution >= 0.6 is 11.3 Å². The summed E-state index contributed by atoms with van der Waals surface area (Å²) < 4.78 is 1.79. The molecule has 22 heavy (non-hydrogen) atoms. The molecule has 0 atom stereocenters. The van der Waals surface area contributed by atoms with Crippen LogP contribution in [0.2, 0.25) is 0 Å². The van der Waals surface area contributed by atoms with Gasteiger partial charge in [0.1, 0.15) is 0 Å². The van der Waals surface area contributed by atoms with Crippen LogP contribution in [0.5, 0.6) is 0 Å². The highest BCUT2D eigenvalue weighted by atomic mass is 32.1. The fourth-order valence-corrected chi connectivity index (χ4v) is 3.01. The van der Waals surface area contributed by atoms with E-state index in [1.165, 1.54) is 0 Å². The Kier molecular flexibility index (Phi) is 4.34. The maximum absolute atomic E-state index is 12.0. The average Bonchev–Trinajstić information content (AvgIpc) is 3.24. The molecule has 0 aliphatic rings. The molecule has 0 fully saturated rings. The summed E-state index contributed by atoms with van der Waals surface area (Å²) >= 11 is 1.65. The van der Waals surface area contributed by atoms with Gasteiger partial charge in [-0.05, 0) is 23.9 Å². The SMILES string of the molecule is Cn1nccc1CCC(=O)NCc1cn[nH]c1-c1cccs1. The van der Waals surface area contributed by atoms with Crippen LogP contribution in [0.3, 0.4) is 0 Å². The second-order valence-electron chi connectivity index (χ2n) is 4.97. The summed E-state index contributed by atoms with van der Waals surface area (Å²) in [5, 5.41) is 16.1. The lowest BCUT2D eigenvalue weighted by Gasteiger charge is -2.05. The van der Waals surface area contributed by atoms with Gasteiger partial charge in [0.2, 0.25) is 5.91 Å². The first-order valence-electron chi connectivity index (χ1n) is 7.04. The van der Waals surface area contributed by atoms with Crippen molar-refractivity contribution in [3.63, 3.8) is 0 Å². The lowest BCUT2D eigenvalue weighted by atomic mass is 10.2. The lowest BCUT2D eigenvalue weighted by Crippen LogP contribution is -2.23. The summed E-state index contributed by atoms with van der Waals surface area (Å²) in [5.41, 5.74) is 3.02. The van der Waals surface area contributed by atoms with E-state index in [2.05, 4.69) is 20.6 Å². The summed E-state index contributed by atoms with van der Waals surface area (Å²) in [4.78, 5) is 13.1. The van der Waals surface area contributed by atoms with Crippen LogP contribution in [-0.2, 0) is 24.8 Å². The van der Waals surface area contributed by atoms with Gasteiger partial charge < -0.3 is 5.32 Å². The minimum absolute atomic E-state index is 0.0273. The van der Waals surface area contributed by atoms with Crippen molar-refractivity contribution < 1.29 is 4.79 Å². The first-order valence-corrected chi connectivity index (χ1v) is 7.91. The monoisotopic (exact) mass is 315 g/mol. The Balaban J connectivity index is 1.54. The van der Waals surface area contributed by atoms with E-state index in [9.17, 15) is 4.79 Å². The number of carbonyl (C=O) groups is 1. The van der Waals surface area contributed by atoms with Gasteiger partial charge in [0.05, 0.1) is 16.8 Å². The van der Waals surface area contributed by atoms with Gasteiger partial charge in [0.25, 0.3) is 0 Å². The summed E-state index contributed by atoms with van der Waals surface area (Å²) in [6, 6.07) is 5.96. The van der Waals surface area contributed by atoms with E-state index < -0.39 is 0 Å². The van der Waals surface area contributed by atoms with Crippen LogP contribution in [0.15, 0.2) is 36.0 Å². The highest BCUT2D eigenvalue weighted by Gasteiger charge is 2.10. The van der Waals surface area contributed by atoms with Crippen molar-refractivity contribution in [3.8, 4) is 10.6 Å². The molecule has 0 saturated carbocycles. The molecule has 3 aromatic heterocycles. The maximum atomic E-state index is 12.0. The number of aromatic nitrogens is 4. The fourth-order valence-electron chi connectivity index (χ4n) is 2.25. The number of amides is 1. The van der Waals surface area contributed by atoms with E-state index in [1.807, 2.05) is 30.6 Å². The highest BCUT2D eigenvalue weighted by molar-refractivity contribution is 7.13. The summed E-state index contributed by atoms with van der Waals surface area (Å²) in [5.74, 6) is 0.0273. The van der Waals surface area contributed by atoms with E-state index in [-0.39, 0.29) is 5.91 Å². The van der Waals surface area contributed by atoms with Crippen LogP contribution in [0.25, 0.3) is 10.6 Å². The zero-order valence-corrected chi connectivity index (χ0v) is 13.1. The molecule has 0 unspecified atom stereocenters. The normalized spacial score (nSPS) is 10.8. The van der Waals surface area contributed by atoms with Crippen molar-refractivity contribution in [3.05, 3.63) is 47.2 Å². The Bertz CT molecular complexity index is 744. The molecule has 0 spiro atoms. The third kappa shape index (κ3) is 3.25. The molecular weight excluding hydrogens is 298 g/mol. The molecule has 0 bridgehead atoms. The number of thiophene rings is 1. The Morgan fingerprint density at radius 2 is 2.36 bits per heavy atom. The number of aromatic amines is 1. The van der Waals surface area contributed by atoms with E-state index in [0.29, 0.717) is 19.4 Å². The third-order valence-corrected chi connectivity index (χ3v) is 4.38. The Morgan fingerprint density at radius 3 is 3.09 bits per heavy atom. The number of carbonyl (C=O) groups excluding carboxylic acids is 1. The maximum Gasteiger partial charge on any atom is 0.220 e. The predicted molar refractivity (Wildman–Crippen MR) is 85.3 cm³/mol. The second-order valence-corrected chi connectivity index (χ2v) is 5.92. The third-order valence-electron chi connectivity index (χ3n) is 3.49. The Hall–Kier alpha value is -2.41. The van der Waals surface area contributed by atoms with Crippen LogP contribution < -0.4 is 5.32 Å². The first-order chi connectivity index (χ1) is 10.7. The van der Waals surface area contributed by atoms with Gasteiger partial charge in [0, 0.05) is 37.5 Å². The molecule has 0 aliphatic heterocycles. The molecule has 3 rings (SSSR count). The molecule has 0 aliphatic carbocycles. The van der Waals surface area contributed by atoms with Crippen molar-refractivity contribution in [1.29, 1.82) is 0 Å². The lowest BCUT2D eigenvalue weighted by molar-refractivity contribution is -0.121. The molecule has 0 saturated heterocycles. The number of aryl methyl sites for hydroxylation is 2. The smallest absolute Gasteiger partial charge is 0.220 e. The van der Waals surface area contributed by atoms with Gasteiger partial charge in [-0.3, -0.25) is 14.6 Å². The predicted octanol–water partition coefficient (Wildman–Crippen LogP) is 2.12. The molecule has 3 aromatic rings. The Labute approximate surface area is 132 Å². The number of H-pyrrole nitrogens is 1. The van der Waals surface area contributed by atoms with Gasteiger partial charge in [0.15, 0.2) is 0 Å². The minimum atomic E-state index is 0.0273. The van der Waals surface area contributed by atoms with Crippen molar-refractivity contribution in [1.82, 2.24) is 25.3 Å². The standard InChI is InChI=1S/C15H17N5OS/c1-20-12(6-7-18-20)4-5-14(21)16-9-11-10-17-19-15(11)13-3-2-8-22-13/h2-3,6-8,10H,4-5,9H2,1H3,(H,16,21)(H,17,19). The average molecular weight is 315 g/mol. The van der Waals surface area contributed by atoms with Crippen molar-refractivity contribution in [2.75, 3.05) is 0 Å². The molecule has 0 radical (unpaired) electrons. The zero-order chi connectivity index (χ0) is 15.4. The Morgan fingerprint density at radius 1 is 1.45 bits per heavy atom. The number of rotatable bonds is 6. The number of nitrogens with one attached hydrogen (secondary N) is 2. The van der Waals surface area contributed by atoms with Crippen LogP contribution in [0, 0.1) is 0 Å². The van der Waals surface area contributed by atoms with Gasteiger partial charge in [-0.1, -0.05) is 6.07 Å². The second kappa shape index (κ2) is 6.57. The van der Waals surface area contributed by atoms with Crippen molar-refractivity contribution in [2.24, 2.45) is 7.05 Å². The largest absolute Gasteiger partial charge is 0.352 e. The zero-order valence-electron chi connectivity index (χ0n) is 12.2. The number of hydrogen-bond donors (Lipinski definition) is 2. The fraction of sp³-hybridized carbons (Fsp3) is 0.267. The van der Waals surface area contributed by atoms with Crippen LogP contribution in [0.4, 0.5) is 0 Å². The van der Waals surface area contributed by atoms with Crippen LogP contribution in [0.1, 0.15) is 17.7 Å². The van der Waals surface area contributed by atoms with E-state index >= 15 is 0 Å². The molecule has 0 aromatic carbocycles. The van der Waals surface area contributed by atoms with E-state index in [4.69, 9.17) is 0 Å². The number of nitrogens with zero attached hydrogens (tertiary/aromatic N) is 3. The molecular formula is C15H17N5OS. The number of hydrogen-bond acceptors (Lipinski definition) is 4. The quantitative estimate of drug-likeness (QED) is 0.731. The summed E-state index contributed by atoms with van der Waals surface area (Å²) in [6.07, 6.45) is 4.64. The van der Waals surface area contributed by atoms with Gasteiger partial charge in [-0.2, -0.15) is 10.2 Å². The van der Waals surface area contributed by atoms with Crippen molar-refractivity contribution in [2.45, 2.75) is 19.4 Å². The molecule has 2 N–H and O–H groups in total. The molecule has 3 heterocycles. The molecule has 6 nitrogen and oxygen atoms in total. The molecule has 1 amide bonds. The van der Waals surface area contributed by atoms with Gasteiger partial charge in [-0.25, -0.2) is 0 Å². The van der Waals surface area contributed by atoms with Crippen LogP contribution in [-0.4, -0.2) is 25.9 Å². The minimum Gasteiger partial charge on any atom is -0.352 e. The van der Waals surface area contributed by atoms with Gasteiger partial charge >= 0.3 is 0 Å². The molecule has 114 valence electrons. The first kappa shape index (κ1) is 14.5. The topological polar surface area (TPSA) is 75.6 Å².